The first-order valence-corrected chi connectivity index (χ1v) is 10.9. The van der Waals surface area contributed by atoms with Gasteiger partial charge < -0.3 is 14.7 Å². The Balaban J connectivity index is 1.20. The highest BCUT2D eigenvalue weighted by Crippen LogP contribution is 2.33. The Morgan fingerprint density at radius 3 is 2.64 bits per heavy atom. The largest absolute Gasteiger partial charge is 0.389 e. The molecule has 1 aromatic heterocycles. The van der Waals surface area contributed by atoms with Gasteiger partial charge in [0.05, 0.1) is 34.5 Å². The average molecular weight is 417 g/mol. The molecule has 1 N–H and O–H groups in total. The number of piperidine rings is 1. The van der Waals surface area contributed by atoms with Crippen LogP contribution < -0.4 is 0 Å². The Morgan fingerprint density at radius 1 is 1.14 bits per heavy atom. The molecule has 0 unspecified atom stereocenters. The third-order valence-corrected chi connectivity index (χ3v) is 6.66. The molecular formula is C22H25ClN2O2S. The second-order valence-corrected chi connectivity index (χ2v) is 8.89. The van der Waals surface area contributed by atoms with E-state index in [9.17, 15) is 5.11 Å². The molecule has 2 aromatic carbocycles. The number of nitrogens with zero attached hydrogens (tertiary/aromatic N) is 2. The Bertz CT molecular complexity index is 858. The maximum atomic E-state index is 10.3. The molecule has 1 atom stereocenters. The quantitative estimate of drug-likeness (QED) is 0.606. The molecule has 4 nitrogen and oxygen atoms in total. The molecule has 0 spiro atoms. The van der Waals surface area contributed by atoms with Crippen LogP contribution in [0.5, 0.6) is 0 Å². The summed E-state index contributed by atoms with van der Waals surface area (Å²) in [6.45, 7) is 3.49. The van der Waals surface area contributed by atoms with Crippen molar-refractivity contribution in [3.63, 3.8) is 0 Å². The standard InChI is InChI=1S/C22H25ClN2O2S/c23-18-7-5-16(6-8-18)14-27-15-19(26)13-25-11-9-17(10-12-25)22-24-20-3-1-2-4-21(20)28-22/h1-8,17,19,26H,9-15H2/t19-/m0/s1. The molecular weight excluding hydrogens is 392 g/mol. The van der Waals surface area contributed by atoms with E-state index in [0.717, 1.165) is 42.0 Å². The van der Waals surface area contributed by atoms with Crippen molar-refractivity contribution < 1.29 is 9.84 Å². The van der Waals surface area contributed by atoms with Crippen LogP contribution in [0.3, 0.4) is 0 Å². The van der Waals surface area contributed by atoms with Crippen molar-refractivity contribution in [2.24, 2.45) is 0 Å². The number of para-hydroxylation sites is 1. The van der Waals surface area contributed by atoms with Gasteiger partial charge in [0, 0.05) is 17.5 Å². The van der Waals surface area contributed by atoms with E-state index < -0.39 is 6.10 Å². The molecule has 28 heavy (non-hydrogen) atoms. The summed E-state index contributed by atoms with van der Waals surface area (Å²) in [6, 6.07) is 16.0. The van der Waals surface area contributed by atoms with E-state index in [2.05, 4.69) is 23.1 Å². The summed E-state index contributed by atoms with van der Waals surface area (Å²) < 4.78 is 6.93. The van der Waals surface area contributed by atoms with E-state index in [0.29, 0.717) is 25.7 Å². The SMILES string of the molecule is O[C@H](COCc1ccc(Cl)cc1)CN1CCC(c2nc3ccccc3s2)CC1. The van der Waals surface area contributed by atoms with Crippen LogP contribution in [0.2, 0.25) is 5.02 Å². The van der Waals surface area contributed by atoms with Crippen LogP contribution in [0, 0.1) is 0 Å². The Labute approximate surface area is 174 Å². The minimum absolute atomic E-state index is 0.348. The number of likely N-dealkylation sites (tertiary alicyclic amines) is 1. The van der Waals surface area contributed by atoms with Gasteiger partial charge in [0.2, 0.25) is 0 Å². The summed E-state index contributed by atoms with van der Waals surface area (Å²) in [7, 11) is 0. The summed E-state index contributed by atoms with van der Waals surface area (Å²) in [5.41, 5.74) is 2.17. The summed E-state index contributed by atoms with van der Waals surface area (Å²) >= 11 is 7.71. The van der Waals surface area contributed by atoms with Gasteiger partial charge in [0.15, 0.2) is 0 Å². The maximum absolute atomic E-state index is 10.3. The number of β-amino-alcohol motifs (C(OH)–C–C–N with tert-alkyl or cyclic N) is 1. The molecule has 1 fully saturated rings. The topological polar surface area (TPSA) is 45.6 Å². The molecule has 3 aromatic rings. The van der Waals surface area contributed by atoms with Gasteiger partial charge in [0.25, 0.3) is 0 Å². The second kappa shape index (κ2) is 9.33. The number of thiazole rings is 1. The van der Waals surface area contributed by atoms with Crippen LogP contribution >= 0.6 is 22.9 Å². The molecule has 0 radical (unpaired) electrons. The number of aliphatic hydroxyl groups is 1. The fourth-order valence-corrected chi connectivity index (χ4v) is 4.93. The first-order valence-electron chi connectivity index (χ1n) is 9.75. The minimum atomic E-state index is -0.466. The number of fused-ring (bicyclic) bond motifs is 1. The number of hydrogen-bond donors (Lipinski definition) is 1. The first kappa shape index (κ1) is 19.8. The summed E-state index contributed by atoms with van der Waals surface area (Å²) in [5.74, 6) is 0.534. The average Bonchev–Trinajstić information content (AvgIpc) is 3.14. The van der Waals surface area contributed by atoms with Gasteiger partial charge in [-0.25, -0.2) is 4.98 Å². The Hall–Kier alpha value is -1.50. The van der Waals surface area contributed by atoms with Gasteiger partial charge in [-0.3, -0.25) is 0 Å². The number of aliphatic hydroxyl groups excluding tert-OH is 1. The van der Waals surface area contributed by atoms with Crippen LogP contribution in [-0.4, -0.2) is 47.3 Å². The number of halogens is 1. The lowest BCUT2D eigenvalue weighted by molar-refractivity contribution is 0.00622. The van der Waals surface area contributed by atoms with Crippen molar-refractivity contribution in [1.29, 1.82) is 0 Å². The van der Waals surface area contributed by atoms with Crippen molar-refractivity contribution >= 4 is 33.2 Å². The molecule has 1 saturated heterocycles. The van der Waals surface area contributed by atoms with E-state index in [-0.39, 0.29) is 0 Å². The highest BCUT2D eigenvalue weighted by Gasteiger charge is 2.24. The lowest BCUT2D eigenvalue weighted by Gasteiger charge is -2.32. The van der Waals surface area contributed by atoms with Crippen LogP contribution in [0.25, 0.3) is 10.2 Å². The predicted octanol–water partition coefficient (Wildman–Crippen LogP) is 4.71. The number of aromatic nitrogens is 1. The summed E-state index contributed by atoms with van der Waals surface area (Å²) in [5, 5.41) is 12.3. The van der Waals surface area contributed by atoms with Gasteiger partial charge in [0.1, 0.15) is 0 Å². The molecule has 6 heteroatoms. The molecule has 2 heterocycles. The third-order valence-electron chi connectivity index (χ3n) is 5.21. The van der Waals surface area contributed by atoms with Crippen molar-refractivity contribution in [2.75, 3.05) is 26.2 Å². The van der Waals surface area contributed by atoms with Crippen LogP contribution in [-0.2, 0) is 11.3 Å². The highest BCUT2D eigenvalue weighted by atomic mass is 35.5. The summed E-state index contributed by atoms with van der Waals surface area (Å²) in [4.78, 5) is 7.15. The van der Waals surface area contributed by atoms with Crippen molar-refractivity contribution in [3.8, 4) is 0 Å². The van der Waals surface area contributed by atoms with Crippen LogP contribution in [0.15, 0.2) is 48.5 Å². The smallest absolute Gasteiger partial charge is 0.0970 e. The Morgan fingerprint density at radius 2 is 1.89 bits per heavy atom. The predicted molar refractivity (Wildman–Crippen MR) is 115 cm³/mol. The van der Waals surface area contributed by atoms with Gasteiger partial charge in [-0.05, 0) is 55.8 Å². The van der Waals surface area contributed by atoms with E-state index >= 15 is 0 Å². The van der Waals surface area contributed by atoms with E-state index in [1.807, 2.05) is 41.7 Å². The molecule has 0 amide bonds. The zero-order valence-corrected chi connectivity index (χ0v) is 17.3. The van der Waals surface area contributed by atoms with Crippen molar-refractivity contribution in [1.82, 2.24) is 9.88 Å². The van der Waals surface area contributed by atoms with Gasteiger partial charge in [-0.15, -0.1) is 11.3 Å². The molecule has 0 bridgehead atoms. The van der Waals surface area contributed by atoms with Gasteiger partial charge in [-0.1, -0.05) is 35.9 Å². The summed E-state index contributed by atoms with van der Waals surface area (Å²) in [6.07, 6.45) is 1.72. The highest BCUT2D eigenvalue weighted by molar-refractivity contribution is 7.18. The molecule has 4 rings (SSSR count). The van der Waals surface area contributed by atoms with Crippen molar-refractivity contribution in [2.45, 2.75) is 31.5 Å². The number of rotatable bonds is 7. The lowest BCUT2D eigenvalue weighted by atomic mass is 9.97. The molecule has 148 valence electrons. The fourth-order valence-electron chi connectivity index (χ4n) is 3.67. The number of benzene rings is 2. The first-order chi connectivity index (χ1) is 13.7. The molecule has 0 aliphatic carbocycles. The molecule has 0 saturated carbocycles. The van der Waals surface area contributed by atoms with E-state index in [1.54, 1.807) is 0 Å². The minimum Gasteiger partial charge on any atom is -0.389 e. The van der Waals surface area contributed by atoms with Gasteiger partial charge in [-0.2, -0.15) is 0 Å². The van der Waals surface area contributed by atoms with E-state index in [4.69, 9.17) is 21.3 Å². The Kier molecular flexibility index (Phi) is 6.60. The monoisotopic (exact) mass is 416 g/mol. The van der Waals surface area contributed by atoms with Crippen LogP contribution in [0.1, 0.15) is 29.3 Å². The fraction of sp³-hybridized carbons (Fsp3) is 0.409. The second-order valence-electron chi connectivity index (χ2n) is 7.39. The number of hydrogen-bond acceptors (Lipinski definition) is 5. The lowest BCUT2D eigenvalue weighted by Crippen LogP contribution is -2.39. The zero-order valence-electron chi connectivity index (χ0n) is 15.8. The maximum Gasteiger partial charge on any atom is 0.0970 e. The third kappa shape index (κ3) is 5.10. The van der Waals surface area contributed by atoms with Gasteiger partial charge >= 0.3 is 0 Å². The number of ether oxygens (including phenoxy) is 1. The zero-order chi connectivity index (χ0) is 19.3. The van der Waals surface area contributed by atoms with E-state index in [1.165, 1.54) is 9.71 Å². The normalized spacial score (nSPS) is 17.2. The molecule has 1 aliphatic rings. The van der Waals surface area contributed by atoms with Crippen molar-refractivity contribution in [3.05, 3.63) is 64.1 Å². The molecule has 1 aliphatic heterocycles. The van der Waals surface area contributed by atoms with Crippen LogP contribution in [0.4, 0.5) is 0 Å².